The summed E-state index contributed by atoms with van der Waals surface area (Å²) in [7, 11) is 0. The van der Waals surface area contributed by atoms with E-state index >= 15 is 0 Å². The van der Waals surface area contributed by atoms with Crippen LogP contribution in [0.3, 0.4) is 0 Å². The molecule has 0 radical (unpaired) electrons. The first kappa shape index (κ1) is 18.9. The first-order chi connectivity index (χ1) is 12.8. The zero-order valence-corrected chi connectivity index (χ0v) is 14.8. The number of benzene rings is 2. The summed E-state index contributed by atoms with van der Waals surface area (Å²) in [5.74, 6) is -0.764. The molecule has 0 spiro atoms. The maximum atomic E-state index is 13.1. The number of carbonyl (C=O) groups excluding carboxylic acids is 2. The van der Waals surface area contributed by atoms with Crippen LogP contribution in [-0.4, -0.2) is 18.4 Å². The summed E-state index contributed by atoms with van der Waals surface area (Å²) in [4.78, 5) is 26.2. The summed E-state index contributed by atoms with van der Waals surface area (Å²) in [5.41, 5.74) is 0.693. The molecule has 0 saturated carbocycles. The van der Waals surface area contributed by atoms with Crippen LogP contribution in [0.5, 0.6) is 0 Å². The fourth-order valence-corrected chi connectivity index (χ4v) is 3.23. The van der Waals surface area contributed by atoms with Gasteiger partial charge in [-0.3, -0.25) is 9.59 Å². The molecule has 2 aromatic rings. The molecule has 0 fully saturated rings. The van der Waals surface area contributed by atoms with Gasteiger partial charge in [0.1, 0.15) is 0 Å². The molecule has 0 aliphatic carbocycles. The summed E-state index contributed by atoms with van der Waals surface area (Å²) in [5, 5.41) is 2.54. The maximum Gasteiger partial charge on any atom is 0.417 e. The van der Waals surface area contributed by atoms with E-state index in [2.05, 4.69) is 5.32 Å². The van der Waals surface area contributed by atoms with E-state index in [-0.39, 0.29) is 5.91 Å². The summed E-state index contributed by atoms with van der Waals surface area (Å²) in [6.45, 7) is 2.59. The standard InChI is InChI=1S/C20H19F3N2O2/c1-2-11-25-17-9-8-14(12-13(17)7-10-18(25)26)24-19(27)15-5-3-4-6-16(15)20(21,22)23/h3-6,8-9,12H,2,7,10-11H2,1H3,(H,24,27). The van der Waals surface area contributed by atoms with E-state index in [1.807, 2.05) is 6.92 Å². The highest BCUT2D eigenvalue weighted by molar-refractivity contribution is 6.06. The molecule has 142 valence electrons. The normalized spacial score (nSPS) is 14.1. The van der Waals surface area contributed by atoms with E-state index in [4.69, 9.17) is 0 Å². The number of hydrogen-bond donors (Lipinski definition) is 1. The van der Waals surface area contributed by atoms with Crippen LogP contribution in [0, 0.1) is 0 Å². The highest BCUT2D eigenvalue weighted by atomic mass is 19.4. The molecule has 0 aromatic heterocycles. The lowest BCUT2D eigenvalue weighted by atomic mass is 10.00. The predicted molar refractivity (Wildman–Crippen MR) is 96.8 cm³/mol. The predicted octanol–water partition coefficient (Wildman–Crippen LogP) is 4.65. The zero-order chi connectivity index (χ0) is 19.6. The first-order valence-corrected chi connectivity index (χ1v) is 8.72. The molecule has 27 heavy (non-hydrogen) atoms. The highest BCUT2D eigenvalue weighted by Gasteiger charge is 2.35. The van der Waals surface area contributed by atoms with E-state index in [9.17, 15) is 22.8 Å². The van der Waals surface area contributed by atoms with Crippen molar-refractivity contribution >= 4 is 23.2 Å². The van der Waals surface area contributed by atoms with Crippen LogP contribution in [0.4, 0.5) is 24.5 Å². The fourth-order valence-electron chi connectivity index (χ4n) is 3.23. The maximum absolute atomic E-state index is 13.1. The topological polar surface area (TPSA) is 49.4 Å². The summed E-state index contributed by atoms with van der Waals surface area (Å²) >= 11 is 0. The Kier molecular flexibility index (Phi) is 5.21. The number of carbonyl (C=O) groups is 2. The minimum atomic E-state index is -4.61. The zero-order valence-electron chi connectivity index (χ0n) is 14.8. The van der Waals surface area contributed by atoms with Crippen molar-refractivity contribution in [3.05, 3.63) is 59.2 Å². The van der Waals surface area contributed by atoms with Gasteiger partial charge in [-0.05, 0) is 48.7 Å². The second-order valence-corrected chi connectivity index (χ2v) is 6.39. The highest BCUT2D eigenvalue weighted by Crippen LogP contribution is 2.33. The molecular weight excluding hydrogens is 357 g/mol. The lowest BCUT2D eigenvalue weighted by Crippen LogP contribution is -2.35. The van der Waals surface area contributed by atoms with Crippen molar-refractivity contribution in [2.75, 3.05) is 16.8 Å². The number of hydrogen-bond acceptors (Lipinski definition) is 2. The third-order valence-electron chi connectivity index (χ3n) is 4.46. The number of rotatable bonds is 4. The van der Waals surface area contributed by atoms with Crippen molar-refractivity contribution < 1.29 is 22.8 Å². The van der Waals surface area contributed by atoms with Gasteiger partial charge in [-0.2, -0.15) is 13.2 Å². The fraction of sp³-hybridized carbons (Fsp3) is 0.300. The number of amides is 2. The van der Waals surface area contributed by atoms with Crippen LogP contribution in [0.25, 0.3) is 0 Å². The summed E-state index contributed by atoms with van der Waals surface area (Å²) in [6, 6.07) is 9.73. The third-order valence-corrected chi connectivity index (χ3v) is 4.46. The Hall–Kier alpha value is -2.83. The Labute approximate surface area is 155 Å². The van der Waals surface area contributed by atoms with Gasteiger partial charge in [0, 0.05) is 24.3 Å². The van der Waals surface area contributed by atoms with E-state index in [1.165, 1.54) is 12.1 Å². The molecule has 1 aliphatic heterocycles. The van der Waals surface area contributed by atoms with E-state index in [1.54, 1.807) is 23.1 Å². The number of halogens is 3. The van der Waals surface area contributed by atoms with Crippen molar-refractivity contribution in [1.29, 1.82) is 0 Å². The van der Waals surface area contributed by atoms with Gasteiger partial charge in [0.25, 0.3) is 5.91 Å². The van der Waals surface area contributed by atoms with E-state index in [0.717, 1.165) is 29.8 Å². The van der Waals surface area contributed by atoms with Gasteiger partial charge < -0.3 is 10.2 Å². The average Bonchev–Trinajstić information content (AvgIpc) is 2.63. The average molecular weight is 376 g/mol. The minimum Gasteiger partial charge on any atom is -0.322 e. The Bertz CT molecular complexity index is 878. The Morgan fingerprint density at radius 2 is 1.89 bits per heavy atom. The van der Waals surface area contributed by atoms with Crippen molar-refractivity contribution in [3.63, 3.8) is 0 Å². The third kappa shape index (κ3) is 3.97. The molecule has 2 amide bonds. The molecule has 0 atom stereocenters. The van der Waals surface area contributed by atoms with E-state index in [0.29, 0.717) is 25.1 Å². The number of anilines is 2. The Balaban J connectivity index is 1.86. The van der Waals surface area contributed by atoms with Gasteiger partial charge in [0.15, 0.2) is 0 Å². The molecule has 0 unspecified atom stereocenters. The van der Waals surface area contributed by atoms with Gasteiger partial charge in [-0.25, -0.2) is 0 Å². The number of alkyl halides is 3. The first-order valence-electron chi connectivity index (χ1n) is 8.72. The quantitative estimate of drug-likeness (QED) is 0.845. The molecule has 3 rings (SSSR count). The molecule has 1 heterocycles. The molecular formula is C20H19F3N2O2. The molecule has 4 nitrogen and oxygen atoms in total. The van der Waals surface area contributed by atoms with Crippen LogP contribution >= 0.6 is 0 Å². The Morgan fingerprint density at radius 1 is 1.15 bits per heavy atom. The van der Waals surface area contributed by atoms with Crippen molar-refractivity contribution in [3.8, 4) is 0 Å². The lowest BCUT2D eigenvalue weighted by Gasteiger charge is -2.29. The second-order valence-electron chi connectivity index (χ2n) is 6.39. The molecule has 1 aliphatic rings. The molecule has 0 saturated heterocycles. The molecule has 0 bridgehead atoms. The van der Waals surface area contributed by atoms with Crippen LogP contribution < -0.4 is 10.2 Å². The number of fused-ring (bicyclic) bond motifs is 1. The summed E-state index contributed by atoms with van der Waals surface area (Å²) in [6.07, 6.45) is -2.87. The lowest BCUT2D eigenvalue weighted by molar-refractivity contribution is -0.137. The van der Waals surface area contributed by atoms with Crippen LogP contribution in [0.2, 0.25) is 0 Å². The van der Waals surface area contributed by atoms with Crippen LogP contribution in [-0.2, 0) is 17.4 Å². The van der Waals surface area contributed by atoms with Gasteiger partial charge >= 0.3 is 6.18 Å². The van der Waals surface area contributed by atoms with Crippen molar-refractivity contribution in [2.45, 2.75) is 32.4 Å². The van der Waals surface area contributed by atoms with Gasteiger partial charge in [-0.1, -0.05) is 19.1 Å². The van der Waals surface area contributed by atoms with Gasteiger partial charge in [0.2, 0.25) is 5.91 Å². The molecule has 1 N–H and O–H groups in total. The number of nitrogens with zero attached hydrogens (tertiary/aromatic N) is 1. The van der Waals surface area contributed by atoms with Gasteiger partial charge in [0.05, 0.1) is 11.1 Å². The van der Waals surface area contributed by atoms with Crippen LogP contribution in [0.15, 0.2) is 42.5 Å². The van der Waals surface area contributed by atoms with Crippen LogP contribution in [0.1, 0.15) is 41.3 Å². The largest absolute Gasteiger partial charge is 0.417 e. The Morgan fingerprint density at radius 3 is 2.59 bits per heavy atom. The van der Waals surface area contributed by atoms with Gasteiger partial charge in [-0.15, -0.1) is 0 Å². The van der Waals surface area contributed by atoms with E-state index < -0.39 is 23.2 Å². The SMILES string of the molecule is CCCN1C(=O)CCc2cc(NC(=O)c3ccccc3C(F)(F)F)ccc21. The van der Waals surface area contributed by atoms with Crippen molar-refractivity contribution in [2.24, 2.45) is 0 Å². The number of aryl methyl sites for hydroxylation is 1. The van der Waals surface area contributed by atoms with Crippen molar-refractivity contribution in [1.82, 2.24) is 0 Å². The number of nitrogens with one attached hydrogen (secondary N) is 1. The second kappa shape index (κ2) is 7.42. The minimum absolute atomic E-state index is 0.0558. The smallest absolute Gasteiger partial charge is 0.322 e. The molecule has 7 heteroatoms. The molecule has 2 aromatic carbocycles. The monoisotopic (exact) mass is 376 g/mol. The summed E-state index contributed by atoms with van der Waals surface area (Å²) < 4.78 is 39.3.